The Morgan fingerprint density at radius 1 is 1.52 bits per heavy atom. The number of rotatable bonds is 2. The lowest BCUT2D eigenvalue weighted by Gasteiger charge is -2.37. The lowest BCUT2D eigenvalue weighted by Crippen LogP contribution is -2.46. The maximum Gasteiger partial charge on any atom is 0.337 e. The molecule has 1 spiro atoms. The molecule has 0 fully saturated rings. The van der Waals surface area contributed by atoms with E-state index in [0.717, 1.165) is 0 Å². The van der Waals surface area contributed by atoms with E-state index in [1.807, 2.05) is 6.92 Å². The second-order valence-corrected chi connectivity index (χ2v) is 5.27. The maximum atomic E-state index is 11.9. The number of aliphatic hydroxyl groups excluding tert-OH is 1. The maximum absolute atomic E-state index is 11.9. The number of carbonyl (C=O) groups excluding carboxylic acids is 2. The summed E-state index contributed by atoms with van der Waals surface area (Å²) in [6.45, 7) is 1.86. The van der Waals surface area contributed by atoms with E-state index in [4.69, 9.17) is 14.2 Å². The van der Waals surface area contributed by atoms with Gasteiger partial charge in [0.25, 0.3) is 0 Å². The van der Waals surface area contributed by atoms with Crippen LogP contribution in [0, 0.1) is 11.8 Å². The highest BCUT2D eigenvalue weighted by atomic mass is 16.6. The topological polar surface area (TPSA) is 82.1 Å². The van der Waals surface area contributed by atoms with Gasteiger partial charge in [0.2, 0.25) is 6.29 Å². The summed E-state index contributed by atoms with van der Waals surface area (Å²) in [5.74, 6) is -1.93. The molecule has 1 unspecified atom stereocenters. The number of hydrogen-bond acceptors (Lipinski definition) is 6. The van der Waals surface area contributed by atoms with Crippen LogP contribution < -0.4 is 0 Å². The molecule has 3 aliphatic rings. The van der Waals surface area contributed by atoms with Crippen LogP contribution in [0.25, 0.3) is 0 Å². The summed E-state index contributed by atoms with van der Waals surface area (Å²) in [5, 5.41) is 10.1. The van der Waals surface area contributed by atoms with Crippen LogP contribution in [0.3, 0.4) is 0 Å². The van der Waals surface area contributed by atoms with E-state index in [-0.39, 0.29) is 0 Å². The summed E-state index contributed by atoms with van der Waals surface area (Å²) in [6, 6.07) is 0. The number of hydrogen-bond donors (Lipinski definition) is 1. The van der Waals surface area contributed by atoms with E-state index >= 15 is 0 Å². The summed E-state index contributed by atoms with van der Waals surface area (Å²) >= 11 is 0. The van der Waals surface area contributed by atoms with Gasteiger partial charge >= 0.3 is 11.9 Å². The average Bonchev–Trinajstić information content (AvgIpc) is 3.00. The first kappa shape index (κ1) is 13.9. The van der Waals surface area contributed by atoms with E-state index < -0.39 is 35.7 Å². The molecule has 0 amide bonds. The van der Waals surface area contributed by atoms with Crippen molar-refractivity contribution < 1.29 is 28.9 Å². The summed E-state index contributed by atoms with van der Waals surface area (Å²) in [7, 11) is 1.28. The van der Waals surface area contributed by atoms with Gasteiger partial charge in [-0.3, -0.25) is 0 Å². The minimum atomic E-state index is -1.17. The van der Waals surface area contributed by atoms with Crippen molar-refractivity contribution in [2.24, 2.45) is 11.8 Å². The number of fused-ring (bicyclic) bond motifs is 2. The van der Waals surface area contributed by atoms with Gasteiger partial charge in [-0.15, -0.1) is 0 Å². The molecule has 6 nitrogen and oxygen atoms in total. The van der Waals surface area contributed by atoms with Crippen LogP contribution >= 0.6 is 0 Å². The molecule has 21 heavy (non-hydrogen) atoms. The molecule has 0 bridgehead atoms. The third-order valence-electron chi connectivity index (χ3n) is 4.21. The molecule has 112 valence electrons. The summed E-state index contributed by atoms with van der Waals surface area (Å²) in [5.41, 5.74) is -0.197. The third-order valence-corrected chi connectivity index (χ3v) is 4.21. The zero-order valence-electron chi connectivity index (χ0n) is 11.7. The Bertz CT molecular complexity index is 587. The van der Waals surface area contributed by atoms with Crippen molar-refractivity contribution in [1.82, 2.24) is 0 Å². The predicted molar refractivity (Wildman–Crippen MR) is 70.5 cm³/mol. The molecule has 6 heteroatoms. The molecule has 1 N–H and O–H groups in total. The van der Waals surface area contributed by atoms with E-state index in [2.05, 4.69) is 0 Å². The highest BCUT2D eigenvalue weighted by Gasteiger charge is 2.57. The second kappa shape index (κ2) is 4.73. The van der Waals surface area contributed by atoms with Crippen LogP contribution in [0.4, 0.5) is 0 Å². The molecule has 2 aliphatic heterocycles. The molecule has 2 heterocycles. The highest BCUT2D eigenvalue weighted by molar-refractivity contribution is 5.93. The van der Waals surface area contributed by atoms with Gasteiger partial charge in [0.15, 0.2) is 5.60 Å². The lowest BCUT2D eigenvalue weighted by molar-refractivity contribution is -0.172. The Morgan fingerprint density at radius 3 is 2.90 bits per heavy atom. The Morgan fingerprint density at radius 2 is 2.29 bits per heavy atom. The number of esters is 2. The van der Waals surface area contributed by atoms with Crippen molar-refractivity contribution in [1.29, 1.82) is 0 Å². The number of methoxy groups -OCH3 is 1. The van der Waals surface area contributed by atoms with Gasteiger partial charge in [0.05, 0.1) is 24.9 Å². The smallest absolute Gasteiger partial charge is 0.337 e. The van der Waals surface area contributed by atoms with E-state index in [1.54, 1.807) is 18.2 Å². The molecule has 3 rings (SSSR count). The molecular weight excluding hydrogens is 276 g/mol. The second-order valence-electron chi connectivity index (χ2n) is 5.27. The lowest BCUT2D eigenvalue weighted by atomic mass is 9.79. The molecule has 4 atom stereocenters. The molecule has 0 saturated carbocycles. The van der Waals surface area contributed by atoms with Crippen LogP contribution in [-0.4, -0.2) is 36.0 Å². The van der Waals surface area contributed by atoms with Gasteiger partial charge in [0.1, 0.15) is 0 Å². The summed E-state index contributed by atoms with van der Waals surface area (Å²) in [6.07, 6.45) is 5.76. The van der Waals surface area contributed by atoms with Crippen molar-refractivity contribution in [3.63, 3.8) is 0 Å². The molecule has 0 aromatic carbocycles. The summed E-state index contributed by atoms with van der Waals surface area (Å²) < 4.78 is 15.3. The van der Waals surface area contributed by atoms with Gasteiger partial charge in [-0.1, -0.05) is 13.0 Å². The highest BCUT2D eigenvalue weighted by Crippen LogP contribution is 2.49. The Balaban J connectivity index is 1.99. The molecule has 0 aromatic rings. The molecule has 0 radical (unpaired) electrons. The Labute approximate surface area is 121 Å². The first-order valence-electron chi connectivity index (χ1n) is 6.78. The standard InChI is InChI=1S/C15H16O6/c1-3-8-6-15(21-12(8)16)5-4-9-10(13(17)19-2)7-20-14(18)11(9)15/h4-7,9,11,14,18H,3H2,1-2H3/t9-,11-,14-,15?/m1/s1. The fourth-order valence-corrected chi connectivity index (χ4v) is 3.15. The molecule has 0 aromatic heterocycles. The van der Waals surface area contributed by atoms with Crippen molar-refractivity contribution >= 4 is 11.9 Å². The average molecular weight is 292 g/mol. The molecular formula is C15H16O6. The SMILES string of the molecule is CCC1=CC2(C=C[C@@H]3C(C(=O)OC)=CO[C@@H](O)[C@@H]32)OC1=O. The van der Waals surface area contributed by atoms with Crippen molar-refractivity contribution in [2.75, 3.05) is 7.11 Å². The van der Waals surface area contributed by atoms with Crippen LogP contribution in [-0.2, 0) is 23.8 Å². The van der Waals surface area contributed by atoms with Crippen LogP contribution in [0.5, 0.6) is 0 Å². The van der Waals surface area contributed by atoms with Crippen molar-refractivity contribution in [3.8, 4) is 0 Å². The number of ether oxygens (including phenoxy) is 3. The zero-order chi connectivity index (χ0) is 15.2. The number of carbonyl (C=O) groups is 2. The monoisotopic (exact) mass is 292 g/mol. The Kier molecular flexibility index (Phi) is 3.13. The minimum absolute atomic E-state index is 0.301. The first-order valence-corrected chi connectivity index (χ1v) is 6.78. The predicted octanol–water partition coefficient (Wildman–Crippen LogP) is 0.826. The van der Waals surface area contributed by atoms with E-state index in [9.17, 15) is 14.7 Å². The van der Waals surface area contributed by atoms with Crippen LogP contribution in [0.15, 0.2) is 35.6 Å². The van der Waals surface area contributed by atoms with Crippen LogP contribution in [0.1, 0.15) is 13.3 Å². The number of allylic oxidation sites excluding steroid dienone is 1. The molecule has 0 saturated heterocycles. The van der Waals surface area contributed by atoms with E-state index in [1.165, 1.54) is 13.4 Å². The first-order chi connectivity index (χ1) is 10.0. The normalized spacial score (nSPS) is 36.7. The van der Waals surface area contributed by atoms with Gasteiger partial charge < -0.3 is 19.3 Å². The zero-order valence-corrected chi connectivity index (χ0v) is 11.7. The van der Waals surface area contributed by atoms with Crippen molar-refractivity contribution in [3.05, 3.63) is 35.6 Å². The van der Waals surface area contributed by atoms with Gasteiger partial charge in [-0.25, -0.2) is 9.59 Å². The fraction of sp³-hybridized carbons (Fsp3) is 0.467. The quantitative estimate of drug-likeness (QED) is 0.599. The van der Waals surface area contributed by atoms with E-state index in [0.29, 0.717) is 17.6 Å². The van der Waals surface area contributed by atoms with Gasteiger partial charge in [0, 0.05) is 11.5 Å². The van der Waals surface area contributed by atoms with Gasteiger partial charge in [-0.2, -0.15) is 0 Å². The van der Waals surface area contributed by atoms with Gasteiger partial charge in [-0.05, 0) is 18.6 Å². The number of aliphatic hydroxyl groups is 1. The van der Waals surface area contributed by atoms with Crippen LogP contribution in [0.2, 0.25) is 0 Å². The fourth-order valence-electron chi connectivity index (χ4n) is 3.15. The largest absolute Gasteiger partial charge is 0.472 e. The third kappa shape index (κ3) is 1.90. The molecule has 1 aliphatic carbocycles. The Hall–Kier alpha value is -2.08. The summed E-state index contributed by atoms with van der Waals surface area (Å²) in [4.78, 5) is 23.7. The van der Waals surface area contributed by atoms with Crippen molar-refractivity contribution in [2.45, 2.75) is 25.2 Å². The minimum Gasteiger partial charge on any atom is -0.472 e.